The van der Waals surface area contributed by atoms with Crippen LogP contribution in [0.15, 0.2) is 52.3 Å². The average molecular weight is 468 g/mol. The first kappa shape index (κ1) is 23.2. The summed E-state index contributed by atoms with van der Waals surface area (Å²) in [4.78, 5) is 14.6. The summed E-state index contributed by atoms with van der Waals surface area (Å²) in [6.07, 6.45) is 0.493. The molecule has 1 aliphatic rings. The van der Waals surface area contributed by atoms with Crippen LogP contribution in [0.3, 0.4) is 0 Å². The number of hydrogen-bond donors (Lipinski definition) is 0. The van der Waals surface area contributed by atoms with Crippen molar-refractivity contribution in [3.8, 4) is 5.75 Å². The van der Waals surface area contributed by atoms with Gasteiger partial charge in [0.1, 0.15) is 5.75 Å². The molecule has 2 aromatic rings. The number of amides is 1. The van der Waals surface area contributed by atoms with Gasteiger partial charge in [-0.3, -0.25) is 4.79 Å². The molecule has 168 valence electrons. The standard InChI is InChI=1S/C20H25N3O6S2/c1-21(2)30(25,26)18-9-10-19-15(13-18)11-12-23(19)20(24)14-22(3)31(27,28)17-7-5-16(29-4)6-8-17/h5-10,13H,11-12,14H2,1-4H3. The Hall–Kier alpha value is -2.47. The molecule has 0 unspecified atom stereocenters. The van der Waals surface area contributed by atoms with Crippen molar-refractivity contribution in [1.29, 1.82) is 0 Å². The van der Waals surface area contributed by atoms with Crippen molar-refractivity contribution in [2.24, 2.45) is 0 Å². The lowest BCUT2D eigenvalue weighted by molar-refractivity contribution is -0.118. The van der Waals surface area contributed by atoms with Crippen LogP contribution < -0.4 is 9.64 Å². The summed E-state index contributed by atoms with van der Waals surface area (Å²) in [5, 5.41) is 0. The predicted molar refractivity (Wildman–Crippen MR) is 116 cm³/mol. The minimum atomic E-state index is -3.86. The van der Waals surface area contributed by atoms with E-state index in [4.69, 9.17) is 4.74 Å². The molecule has 1 aliphatic heterocycles. The van der Waals surface area contributed by atoms with E-state index < -0.39 is 20.0 Å². The normalized spacial score (nSPS) is 14.2. The first-order valence-corrected chi connectivity index (χ1v) is 12.3. The van der Waals surface area contributed by atoms with Crippen molar-refractivity contribution >= 4 is 31.6 Å². The fourth-order valence-electron chi connectivity index (χ4n) is 3.30. The topological polar surface area (TPSA) is 104 Å². The molecule has 1 heterocycles. The minimum Gasteiger partial charge on any atom is -0.497 e. The molecular weight excluding hydrogens is 442 g/mol. The third-order valence-corrected chi connectivity index (χ3v) is 8.78. The lowest BCUT2D eigenvalue weighted by Crippen LogP contribution is -2.40. The second-order valence-corrected chi connectivity index (χ2v) is 11.5. The van der Waals surface area contributed by atoms with Gasteiger partial charge < -0.3 is 9.64 Å². The molecule has 0 saturated carbocycles. The van der Waals surface area contributed by atoms with Crippen molar-refractivity contribution in [3.05, 3.63) is 48.0 Å². The lowest BCUT2D eigenvalue weighted by Gasteiger charge is -2.22. The van der Waals surface area contributed by atoms with Gasteiger partial charge in [0.25, 0.3) is 0 Å². The van der Waals surface area contributed by atoms with E-state index in [0.717, 1.165) is 14.2 Å². The fourth-order valence-corrected chi connectivity index (χ4v) is 5.37. The van der Waals surface area contributed by atoms with Gasteiger partial charge in [0.15, 0.2) is 0 Å². The SMILES string of the molecule is COc1ccc(S(=O)(=O)N(C)CC(=O)N2CCc3cc(S(=O)(=O)N(C)C)ccc32)cc1. The number of anilines is 1. The van der Waals surface area contributed by atoms with E-state index in [-0.39, 0.29) is 22.2 Å². The summed E-state index contributed by atoms with van der Waals surface area (Å²) < 4.78 is 57.4. The molecule has 1 amide bonds. The van der Waals surface area contributed by atoms with Crippen LogP contribution in [-0.4, -0.2) is 72.7 Å². The maximum absolute atomic E-state index is 12.9. The van der Waals surface area contributed by atoms with Gasteiger partial charge in [-0.25, -0.2) is 21.1 Å². The van der Waals surface area contributed by atoms with E-state index in [0.29, 0.717) is 24.4 Å². The molecule has 31 heavy (non-hydrogen) atoms. The van der Waals surface area contributed by atoms with Crippen LogP contribution in [0.5, 0.6) is 5.75 Å². The summed E-state index contributed by atoms with van der Waals surface area (Å²) in [5.74, 6) is 0.142. The van der Waals surface area contributed by atoms with Crippen LogP contribution in [0.2, 0.25) is 0 Å². The van der Waals surface area contributed by atoms with Gasteiger partial charge in [0, 0.05) is 33.4 Å². The first-order chi connectivity index (χ1) is 14.5. The highest BCUT2D eigenvalue weighted by Crippen LogP contribution is 2.31. The Bertz CT molecular complexity index is 1190. The molecule has 9 nitrogen and oxygen atoms in total. The number of benzene rings is 2. The van der Waals surface area contributed by atoms with E-state index >= 15 is 0 Å². The van der Waals surface area contributed by atoms with E-state index in [1.807, 2.05) is 0 Å². The Kier molecular flexibility index (Phi) is 6.42. The third-order valence-electron chi connectivity index (χ3n) is 5.15. The number of likely N-dealkylation sites (N-methyl/N-ethyl adjacent to an activating group) is 1. The van der Waals surface area contributed by atoms with Gasteiger partial charge in [-0.15, -0.1) is 0 Å². The Morgan fingerprint density at radius 3 is 2.16 bits per heavy atom. The fraction of sp³-hybridized carbons (Fsp3) is 0.350. The van der Waals surface area contributed by atoms with Crippen molar-refractivity contribution in [2.75, 3.05) is 46.2 Å². The largest absolute Gasteiger partial charge is 0.497 e. The van der Waals surface area contributed by atoms with Crippen LogP contribution in [-0.2, 0) is 31.3 Å². The number of sulfonamides is 2. The van der Waals surface area contributed by atoms with Crippen LogP contribution in [0.1, 0.15) is 5.56 Å². The summed E-state index contributed by atoms with van der Waals surface area (Å²) in [6.45, 7) is 0.0155. The Balaban J connectivity index is 1.78. The molecule has 0 fully saturated rings. The molecule has 0 N–H and O–H groups in total. The maximum Gasteiger partial charge on any atom is 0.243 e. The Morgan fingerprint density at radius 2 is 1.58 bits per heavy atom. The molecule has 0 saturated heterocycles. The summed E-state index contributed by atoms with van der Waals surface area (Å²) in [6, 6.07) is 10.5. The average Bonchev–Trinajstić information content (AvgIpc) is 3.17. The zero-order valence-electron chi connectivity index (χ0n) is 17.8. The van der Waals surface area contributed by atoms with Gasteiger partial charge >= 0.3 is 0 Å². The van der Waals surface area contributed by atoms with Gasteiger partial charge in [0.05, 0.1) is 23.4 Å². The van der Waals surface area contributed by atoms with E-state index in [1.165, 1.54) is 51.4 Å². The van der Waals surface area contributed by atoms with Crippen molar-refractivity contribution in [3.63, 3.8) is 0 Å². The van der Waals surface area contributed by atoms with E-state index in [2.05, 4.69) is 0 Å². The Morgan fingerprint density at radius 1 is 0.968 bits per heavy atom. The minimum absolute atomic E-state index is 0.0592. The molecule has 0 radical (unpaired) electrons. The number of carbonyl (C=O) groups excluding carboxylic acids is 1. The molecule has 0 atom stereocenters. The molecule has 11 heteroatoms. The number of carbonyl (C=O) groups is 1. The molecular formula is C20H25N3O6S2. The summed E-state index contributed by atoms with van der Waals surface area (Å²) >= 11 is 0. The highest BCUT2D eigenvalue weighted by atomic mass is 32.2. The third kappa shape index (κ3) is 4.45. The van der Waals surface area contributed by atoms with E-state index in [1.54, 1.807) is 24.3 Å². The van der Waals surface area contributed by atoms with Crippen LogP contribution in [0.25, 0.3) is 0 Å². The second kappa shape index (κ2) is 8.58. The Labute approximate surface area is 182 Å². The predicted octanol–water partition coefficient (Wildman–Crippen LogP) is 1.16. The number of hydrogen-bond acceptors (Lipinski definition) is 6. The van der Waals surface area contributed by atoms with Gasteiger partial charge in [0.2, 0.25) is 26.0 Å². The summed E-state index contributed by atoms with van der Waals surface area (Å²) in [5.41, 5.74) is 1.33. The van der Waals surface area contributed by atoms with Crippen molar-refractivity contribution < 1.29 is 26.4 Å². The second-order valence-electron chi connectivity index (χ2n) is 7.31. The smallest absolute Gasteiger partial charge is 0.243 e. The molecule has 0 aromatic heterocycles. The first-order valence-electron chi connectivity index (χ1n) is 9.44. The zero-order chi connectivity index (χ0) is 23.0. The van der Waals surface area contributed by atoms with Crippen molar-refractivity contribution in [2.45, 2.75) is 16.2 Å². The number of fused-ring (bicyclic) bond motifs is 1. The molecule has 0 aliphatic carbocycles. The monoisotopic (exact) mass is 467 g/mol. The highest BCUT2D eigenvalue weighted by molar-refractivity contribution is 7.89. The molecule has 0 spiro atoms. The van der Waals surface area contributed by atoms with Gasteiger partial charge in [-0.05, 0) is 54.4 Å². The maximum atomic E-state index is 12.9. The summed E-state index contributed by atoms with van der Waals surface area (Å²) in [7, 11) is -1.69. The molecule has 3 rings (SSSR count). The van der Waals surface area contributed by atoms with Crippen LogP contribution >= 0.6 is 0 Å². The lowest BCUT2D eigenvalue weighted by atomic mass is 10.2. The van der Waals surface area contributed by atoms with Gasteiger partial charge in [-0.2, -0.15) is 4.31 Å². The zero-order valence-corrected chi connectivity index (χ0v) is 19.4. The number of nitrogens with zero attached hydrogens (tertiary/aromatic N) is 3. The number of rotatable bonds is 7. The quantitative estimate of drug-likeness (QED) is 0.605. The molecule has 2 aromatic carbocycles. The van der Waals surface area contributed by atoms with E-state index in [9.17, 15) is 21.6 Å². The number of ether oxygens (including phenoxy) is 1. The van der Waals surface area contributed by atoms with Crippen LogP contribution in [0, 0.1) is 0 Å². The van der Waals surface area contributed by atoms with Crippen LogP contribution in [0.4, 0.5) is 5.69 Å². The van der Waals surface area contributed by atoms with Crippen molar-refractivity contribution in [1.82, 2.24) is 8.61 Å². The van der Waals surface area contributed by atoms with Gasteiger partial charge in [-0.1, -0.05) is 0 Å². The highest BCUT2D eigenvalue weighted by Gasteiger charge is 2.30. The number of methoxy groups -OCH3 is 1. The molecule has 0 bridgehead atoms.